The van der Waals surface area contributed by atoms with Crippen LogP contribution in [0.4, 0.5) is 5.69 Å². The number of methoxy groups -OCH3 is 1. The van der Waals surface area contributed by atoms with E-state index in [-0.39, 0.29) is 42.1 Å². The predicted octanol–water partition coefficient (Wildman–Crippen LogP) is 3.90. The summed E-state index contributed by atoms with van der Waals surface area (Å²) in [6.45, 7) is 0.863. The molecule has 2 aliphatic rings. The molecule has 0 saturated carbocycles. The predicted molar refractivity (Wildman–Crippen MR) is 156 cm³/mol. The molecule has 0 radical (unpaired) electrons. The van der Waals surface area contributed by atoms with E-state index in [9.17, 15) is 18.0 Å². The molecule has 216 valence electrons. The van der Waals surface area contributed by atoms with Crippen LogP contribution in [0.15, 0.2) is 77.7 Å². The Kier molecular flexibility index (Phi) is 8.82. The van der Waals surface area contributed by atoms with Crippen LogP contribution in [0.2, 0.25) is 5.02 Å². The highest BCUT2D eigenvalue weighted by Gasteiger charge is 2.39. The molecular weight excluding hydrogens is 566 g/mol. The molecule has 1 unspecified atom stereocenters. The van der Waals surface area contributed by atoms with E-state index in [0.29, 0.717) is 42.3 Å². The summed E-state index contributed by atoms with van der Waals surface area (Å²) in [6, 6.07) is 21.5. The Morgan fingerprint density at radius 1 is 1.02 bits per heavy atom. The van der Waals surface area contributed by atoms with E-state index in [1.54, 1.807) is 29.2 Å². The maximum absolute atomic E-state index is 13.8. The number of ether oxygens (including phenoxy) is 2. The summed E-state index contributed by atoms with van der Waals surface area (Å²) in [5, 5.41) is 3.22. The SMILES string of the molecule is COc1ccc(Cl)cc1S(=O)(=O)N1CCC(C(=O)N2CC(C(=O)NCCc3ccccc3)Oc3ccccc32)CC1. The number of hydrogen-bond donors (Lipinski definition) is 1. The normalized spacial score (nSPS) is 17.8. The molecule has 1 fully saturated rings. The Labute approximate surface area is 245 Å². The molecule has 41 heavy (non-hydrogen) atoms. The van der Waals surface area contributed by atoms with Gasteiger partial charge in [0, 0.05) is 30.6 Å². The summed E-state index contributed by atoms with van der Waals surface area (Å²) >= 11 is 6.07. The number of sulfonamides is 1. The van der Waals surface area contributed by atoms with Crippen molar-refractivity contribution in [2.24, 2.45) is 5.92 Å². The van der Waals surface area contributed by atoms with E-state index in [4.69, 9.17) is 21.1 Å². The van der Waals surface area contributed by atoms with Crippen LogP contribution in [0.1, 0.15) is 18.4 Å². The molecule has 2 amide bonds. The van der Waals surface area contributed by atoms with Gasteiger partial charge in [0.05, 0.1) is 19.3 Å². The van der Waals surface area contributed by atoms with Crippen molar-refractivity contribution in [3.05, 3.63) is 83.4 Å². The van der Waals surface area contributed by atoms with Crippen molar-refractivity contribution in [2.75, 3.05) is 38.2 Å². The number of para-hydroxylation sites is 2. The number of halogens is 1. The summed E-state index contributed by atoms with van der Waals surface area (Å²) in [5.41, 5.74) is 1.71. The van der Waals surface area contributed by atoms with Crippen LogP contribution in [0.5, 0.6) is 11.5 Å². The van der Waals surface area contributed by atoms with Gasteiger partial charge in [-0.3, -0.25) is 9.59 Å². The first kappa shape index (κ1) is 28.9. The summed E-state index contributed by atoms with van der Waals surface area (Å²) in [7, 11) is -2.47. The Hall–Kier alpha value is -3.60. The molecule has 5 rings (SSSR count). The minimum atomic E-state index is -3.87. The van der Waals surface area contributed by atoms with Gasteiger partial charge in [0.2, 0.25) is 15.9 Å². The lowest BCUT2D eigenvalue weighted by atomic mass is 9.95. The molecule has 0 bridgehead atoms. The molecule has 3 aromatic rings. The number of anilines is 1. The highest BCUT2D eigenvalue weighted by molar-refractivity contribution is 7.89. The van der Waals surface area contributed by atoms with Crippen molar-refractivity contribution < 1.29 is 27.5 Å². The third-order valence-corrected chi connectivity index (χ3v) is 9.59. The lowest BCUT2D eigenvalue weighted by Crippen LogP contribution is -2.53. The quantitative estimate of drug-likeness (QED) is 0.422. The van der Waals surface area contributed by atoms with Gasteiger partial charge in [0.25, 0.3) is 5.91 Å². The first-order valence-corrected chi connectivity index (χ1v) is 15.3. The number of nitrogens with one attached hydrogen (secondary N) is 1. The summed E-state index contributed by atoms with van der Waals surface area (Å²) in [4.78, 5) is 28.4. The largest absolute Gasteiger partial charge is 0.495 e. The first-order valence-electron chi connectivity index (χ1n) is 13.5. The van der Waals surface area contributed by atoms with Crippen molar-refractivity contribution in [3.63, 3.8) is 0 Å². The fraction of sp³-hybridized carbons (Fsp3) is 0.333. The number of nitrogens with zero attached hydrogens (tertiary/aromatic N) is 2. The molecule has 2 aliphatic heterocycles. The average molecular weight is 598 g/mol. The third kappa shape index (κ3) is 6.34. The van der Waals surface area contributed by atoms with Gasteiger partial charge in [-0.25, -0.2) is 8.42 Å². The fourth-order valence-electron chi connectivity index (χ4n) is 5.22. The number of carbonyl (C=O) groups is 2. The van der Waals surface area contributed by atoms with Gasteiger partial charge in [0.1, 0.15) is 16.4 Å². The average Bonchev–Trinajstić information content (AvgIpc) is 3.00. The molecule has 0 aliphatic carbocycles. The van der Waals surface area contributed by atoms with Crippen LogP contribution in [0, 0.1) is 5.92 Å². The van der Waals surface area contributed by atoms with Gasteiger partial charge in [-0.1, -0.05) is 54.1 Å². The zero-order valence-corrected chi connectivity index (χ0v) is 24.2. The number of hydrogen-bond acceptors (Lipinski definition) is 6. The van der Waals surface area contributed by atoms with Crippen LogP contribution in [0.25, 0.3) is 0 Å². The second kappa shape index (κ2) is 12.5. The Bertz CT molecular complexity index is 1510. The van der Waals surface area contributed by atoms with E-state index < -0.39 is 22.0 Å². The number of piperidine rings is 1. The Morgan fingerprint density at radius 3 is 2.46 bits per heavy atom. The molecule has 1 N–H and O–H groups in total. The molecule has 11 heteroatoms. The summed E-state index contributed by atoms with van der Waals surface area (Å²) in [6.07, 6.45) is 0.504. The molecular formula is C30H32ClN3O6S. The lowest BCUT2D eigenvalue weighted by molar-refractivity contribution is -0.129. The molecule has 0 spiro atoms. The Balaban J connectivity index is 1.25. The molecule has 1 atom stereocenters. The molecule has 3 aromatic carbocycles. The van der Waals surface area contributed by atoms with Crippen LogP contribution >= 0.6 is 11.6 Å². The van der Waals surface area contributed by atoms with E-state index in [1.807, 2.05) is 36.4 Å². The number of rotatable bonds is 8. The first-order chi connectivity index (χ1) is 19.8. The van der Waals surface area contributed by atoms with Crippen molar-refractivity contribution >= 4 is 39.1 Å². The van der Waals surface area contributed by atoms with Crippen LogP contribution in [-0.4, -0.2) is 63.9 Å². The van der Waals surface area contributed by atoms with E-state index in [2.05, 4.69) is 5.32 Å². The van der Waals surface area contributed by atoms with E-state index >= 15 is 0 Å². The van der Waals surface area contributed by atoms with Gasteiger partial charge in [0.15, 0.2) is 6.10 Å². The van der Waals surface area contributed by atoms with Crippen LogP contribution < -0.4 is 19.7 Å². The van der Waals surface area contributed by atoms with Gasteiger partial charge in [-0.15, -0.1) is 0 Å². The number of fused-ring (bicyclic) bond motifs is 1. The van der Waals surface area contributed by atoms with Crippen molar-refractivity contribution in [3.8, 4) is 11.5 Å². The minimum absolute atomic E-state index is 0.000465. The maximum atomic E-state index is 13.8. The maximum Gasteiger partial charge on any atom is 0.262 e. The van der Waals surface area contributed by atoms with Crippen molar-refractivity contribution in [2.45, 2.75) is 30.3 Å². The van der Waals surface area contributed by atoms with E-state index in [0.717, 1.165) is 5.56 Å². The second-order valence-corrected chi connectivity index (χ2v) is 12.4. The van der Waals surface area contributed by atoms with Crippen molar-refractivity contribution in [1.82, 2.24) is 9.62 Å². The van der Waals surface area contributed by atoms with Crippen LogP contribution in [0.3, 0.4) is 0 Å². The zero-order chi connectivity index (χ0) is 29.0. The van der Waals surface area contributed by atoms with Crippen molar-refractivity contribution in [1.29, 1.82) is 0 Å². The van der Waals surface area contributed by atoms with Gasteiger partial charge in [-0.2, -0.15) is 4.31 Å². The highest BCUT2D eigenvalue weighted by atomic mass is 35.5. The zero-order valence-electron chi connectivity index (χ0n) is 22.7. The number of benzene rings is 3. The van der Waals surface area contributed by atoms with Gasteiger partial charge in [-0.05, 0) is 55.2 Å². The summed E-state index contributed by atoms with van der Waals surface area (Å²) in [5.74, 6) is -0.172. The van der Waals surface area contributed by atoms with Crippen LogP contribution in [-0.2, 0) is 26.0 Å². The smallest absolute Gasteiger partial charge is 0.262 e. The standard InChI is InChI=1S/C30H32ClN3O6S/c1-39-26-12-11-23(31)19-28(26)41(37,38)33-17-14-22(15-18-33)30(36)34-20-27(40-25-10-6-5-9-24(25)34)29(35)32-16-13-21-7-3-2-4-8-21/h2-12,19,22,27H,13-18,20H2,1H3,(H,32,35). The molecule has 0 aromatic heterocycles. The molecule has 9 nitrogen and oxygen atoms in total. The topological polar surface area (TPSA) is 105 Å². The number of amides is 2. The lowest BCUT2D eigenvalue weighted by Gasteiger charge is -2.38. The monoisotopic (exact) mass is 597 g/mol. The number of carbonyl (C=O) groups excluding carboxylic acids is 2. The van der Waals surface area contributed by atoms with Gasteiger partial charge < -0.3 is 19.7 Å². The highest BCUT2D eigenvalue weighted by Crippen LogP contribution is 2.36. The molecule has 1 saturated heterocycles. The molecule has 2 heterocycles. The Morgan fingerprint density at radius 2 is 1.73 bits per heavy atom. The summed E-state index contributed by atoms with van der Waals surface area (Å²) < 4.78 is 39.4. The van der Waals surface area contributed by atoms with Gasteiger partial charge >= 0.3 is 0 Å². The minimum Gasteiger partial charge on any atom is -0.495 e. The fourth-order valence-corrected chi connectivity index (χ4v) is 7.11. The third-order valence-electron chi connectivity index (χ3n) is 7.43. The second-order valence-electron chi connectivity index (χ2n) is 10.0. The van der Waals surface area contributed by atoms with E-state index in [1.165, 1.54) is 23.5 Å².